The number of aromatic nitrogens is 2. The van der Waals surface area contributed by atoms with Gasteiger partial charge < -0.3 is 10.0 Å². The van der Waals surface area contributed by atoms with E-state index in [1.807, 2.05) is 0 Å². The zero-order chi connectivity index (χ0) is 20.3. The Morgan fingerprint density at radius 2 is 1.93 bits per heavy atom. The number of hydrogen-bond acceptors (Lipinski definition) is 3. The molecule has 0 aliphatic carbocycles. The number of likely N-dealkylation sites (tertiary alicyclic amines) is 1. The smallest absolute Gasteiger partial charge is 0.339 e. The summed E-state index contributed by atoms with van der Waals surface area (Å²) < 4.78 is 27.9. The van der Waals surface area contributed by atoms with Crippen molar-refractivity contribution in [1.82, 2.24) is 14.7 Å². The van der Waals surface area contributed by atoms with Crippen LogP contribution in [-0.4, -0.2) is 44.8 Å². The van der Waals surface area contributed by atoms with Crippen molar-refractivity contribution < 1.29 is 23.5 Å². The van der Waals surface area contributed by atoms with Crippen molar-refractivity contribution in [2.45, 2.75) is 45.1 Å². The molecule has 3 rings (SSSR count). The van der Waals surface area contributed by atoms with E-state index >= 15 is 0 Å². The Kier molecular flexibility index (Phi) is 6.06. The zero-order valence-electron chi connectivity index (χ0n) is 15.7. The first-order valence-corrected chi connectivity index (χ1v) is 9.36. The molecule has 0 spiro atoms. The fourth-order valence-corrected chi connectivity index (χ4v) is 3.66. The topological polar surface area (TPSA) is 75.4 Å². The van der Waals surface area contributed by atoms with Gasteiger partial charge in [0.05, 0.1) is 17.9 Å². The van der Waals surface area contributed by atoms with E-state index in [-0.39, 0.29) is 17.5 Å². The number of carboxylic acid groups (broad SMARTS) is 1. The van der Waals surface area contributed by atoms with Gasteiger partial charge in [-0.15, -0.1) is 0 Å². The van der Waals surface area contributed by atoms with Crippen LogP contribution in [0.25, 0.3) is 0 Å². The Morgan fingerprint density at radius 1 is 1.21 bits per heavy atom. The number of halogens is 2. The Hall–Kier alpha value is -2.77. The molecule has 1 aliphatic heterocycles. The summed E-state index contributed by atoms with van der Waals surface area (Å²) >= 11 is 0. The summed E-state index contributed by atoms with van der Waals surface area (Å²) in [5, 5.41) is 13.3. The van der Waals surface area contributed by atoms with Crippen LogP contribution in [0.4, 0.5) is 8.78 Å². The summed E-state index contributed by atoms with van der Waals surface area (Å²) in [7, 11) is 0. The third-order valence-electron chi connectivity index (χ3n) is 5.28. The van der Waals surface area contributed by atoms with E-state index in [2.05, 4.69) is 5.10 Å². The number of carbonyl (C=O) groups is 2. The predicted molar refractivity (Wildman–Crippen MR) is 98.1 cm³/mol. The summed E-state index contributed by atoms with van der Waals surface area (Å²) in [6, 6.07) is 3.89. The van der Waals surface area contributed by atoms with Crippen LogP contribution in [0.3, 0.4) is 0 Å². The molecule has 0 unspecified atom stereocenters. The fourth-order valence-electron chi connectivity index (χ4n) is 3.66. The van der Waals surface area contributed by atoms with Gasteiger partial charge in [-0.1, -0.05) is 6.07 Å². The predicted octanol–water partition coefficient (Wildman–Crippen LogP) is 3.35. The zero-order valence-corrected chi connectivity index (χ0v) is 15.7. The molecule has 1 amide bonds. The lowest BCUT2D eigenvalue weighted by Crippen LogP contribution is -2.39. The molecule has 1 N–H and O–H groups in total. The van der Waals surface area contributed by atoms with Crippen LogP contribution in [0.5, 0.6) is 0 Å². The van der Waals surface area contributed by atoms with Crippen molar-refractivity contribution in [3.05, 3.63) is 52.9 Å². The molecule has 0 radical (unpaired) electrons. The van der Waals surface area contributed by atoms with E-state index < -0.39 is 17.6 Å². The molecule has 1 aliphatic rings. The molecule has 8 heteroatoms. The van der Waals surface area contributed by atoms with Crippen LogP contribution in [-0.2, 0) is 11.2 Å². The number of rotatable bonds is 6. The normalized spacial score (nSPS) is 15.0. The first-order chi connectivity index (χ1) is 13.4. The highest BCUT2D eigenvalue weighted by Crippen LogP contribution is 2.25. The molecule has 1 saturated heterocycles. The largest absolute Gasteiger partial charge is 0.478 e. The summed E-state index contributed by atoms with van der Waals surface area (Å²) in [4.78, 5) is 25.4. The third-order valence-corrected chi connectivity index (χ3v) is 5.28. The van der Waals surface area contributed by atoms with Gasteiger partial charge in [0.1, 0.15) is 5.56 Å². The molecule has 2 aromatic rings. The highest BCUT2D eigenvalue weighted by Gasteiger charge is 2.26. The van der Waals surface area contributed by atoms with Crippen molar-refractivity contribution >= 4 is 11.9 Å². The molecule has 1 fully saturated rings. The van der Waals surface area contributed by atoms with Crippen molar-refractivity contribution in [3.8, 4) is 0 Å². The number of hydrogen-bond donors (Lipinski definition) is 1. The van der Waals surface area contributed by atoms with Gasteiger partial charge in [-0.2, -0.15) is 5.10 Å². The number of amides is 1. The maximum absolute atomic E-state index is 13.2. The van der Waals surface area contributed by atoms with E-state index in [4.69, 9.17) is 5.11 Å². The lowest BCUT2D eigenvalue weighted by Gasteiger charge is -2.32. The van der Waals surface area contributed by atoms with Crippen LogP contribution in [0, 0.1) is 18.6 Å². The number of nitrogens with zero attached hydrogens (tertiary/aromatic N) is 3. The maximum atomic E-state index is 13.2. The summed E-state index contributed by atoms with van der Waals surface area (Å²) in [5.74, 6) is -2.68. The standard InChI is InChI=1S/C20H23F2N3O3/c1-13-16(20(27)28)12-23-25(13)15-7-9-24(10-8-15)19(26)4-2-3-14-5-6-17(21)18(22)11-14/h5-6,11-12,15H,2-4,7-10H2,1H3,(H,27,28). The first-order valence-electron chi connectivity index (χ1n) is 9.36. The van der Waals surface area contributed by atoms with Crippen LogP contribution < -0.4 is 0 Å². The fraction of sp³-hybridized carbons (Fsp3) is 0.450. The SMILES string of the molecule is Cc1c(C(=O)O)cnn1C1CCN(C(=O)CCCc2ccc(F)c(F)c2)CC1. The number of aromatic carboxylic acids is 1. The molecule has 2 heterocycles. The van der Waals surface area contributed by atoms with Gasteiger partial charge in [0.2, 0.25) is 5.91 Å². The minimum Gasteiger partial charge on any atom is -0.478 e. The molecular weight excluding hydrogens is 368 g/mol. The van der Waals surface area contributed by atoms with Gasteiger partial charge in [0.15, 0.2) is 11.6 Å². The number of carbonyl (C=O) groups excluding carboxylic acids is 1. The van der Waals surface area contributed by atoms with Gasteiger partial charge in [0.25, 0.3) is 0 Å². The Morgan fingerprint density at radius 3 is 2.54 bits per heavy atom. The molecule has 28 heavy (non-hydrogen) atoms. The Labute approximate surface area is 161 Å². The quantitative estimate of drug-likeness (QED) is 0.819. The second-order valence-corrected chi connectivity index (χ2v) is 7.11. The number of aryl methyl sites for hydroxylation is 1. The van der Waals surface area contributed by atoms with Crippen molar-refractivity contribution in [3.63, 3.8) is 0 Å². The van der Waals surface area contributed by atoms with E-state index in [0.29, 0.717) is 43.6 Å². The highest BCUT2D eigenvalue weighted by molar-refractivity contribution is 5.88. The van der Waals surface area contributed by atoms with Crippen molar-refractivity contribution in [1.29, 1.82) is 0 Å². The highest BCUT2D eigenvalue weighted by atomic mass is 19.2. The molecule has 1 aromatic carbocycles. The molecule has 0 saturated carbocycles. The average molecular weight is 391 g/mol. The van der Waals surface area contributed by atoms with Gasteiger partial charge in [-0.3, -0.25) is 9.48 Å². The average Bonchev–Trinajstić information content (AvgIpc) is 3.06. The van der Waals surface area contributed by atoms with Gasteiger partial charge in [0, 0.05) is 19.5 Å². The molecule has 6 nitrogen and oxygen atoms in total. The summed E-state index contributed by atoms with van der Waals surface area (Å²) in [5.41, 5.74) is 1.51. The Bertz CT molecular complexity index is 874. The summed E-state index contributed by atoms with van der Waals surface area (Å²) in [6.45, 7) is 2.93. The van der Waals surface area contributed by atoms with E-state index in [1.54, 1.807) is 16.5 Å². The van der Waals surface area contributed by atoms with Gasteiger partial charge in [-0.25, -0.2) is 13.6 Å². The van der Waals surface area contributed by atoms with Crippen molar-refractivity contribution in [2.24, 2.45) is 0 Å². The van der Waals surface area contributed by atoms with Gasteiger partial charge in [-0.05, 0) is 50.3 Å². The minimum atomic E-state index is -0.989. The lowest BCUT2D eigenvalue weighted by molar-refractivity contribution is -0.132. The molecular formula is C20H23F2N3O3. The number of benzene rings is 1. The van der Waals surface area contributed by atoms with Crippen molar-refractivity contribution in [2.75, 3.05) is 13.1 Å². The maximum Gasteiger partial charge on any atom is 0.339 e. The minimum absolute atomic E-state index is 0.0458. The monoisotopic (exact) mass is 391 g/mol. The second kappa shape index (κ2) is 8.50. The molecule has 0 bridgehead atoms. The first kappa shape index (κ1) is 20.0. The van der Waals surface area contributed by atoms with Crippen LogP contribution in [0.1, 0.15) is 53.3 Å². The number of carboxylic acids is 1. The van der Waals surface area contributed by atoms with Crippen LogP contribution in [0.15, 0.2) is 24.4 Å². The summed E-state index contributed by atoms with van der Waals surface area (Å²) in [6.07, 6.45) is 4.25. The van der Waals surface area contributed by atoms with Gasteiger partial charge >= 0.3 is 5.97 Å². The number of piperidine rings is 1. The van der Waals surface area contributed by atoms with E-state index in [9.17, 15) is 18.4 Å². The van der Waals surface area contributed by atoms with Crippen LogP contribution >= 0.6 is 0 Å². The molecule has 1 aromatic heterocycles. The van der Waals surface area contributed by atoms with Crippen LogP contribution in [0.2, 0.25) is 0 Å². The van der Waals surface area contributed by atoms with E-state index in [0.717, 1.165) is 18.9 Å². The lowest BCUT2D eigenvalue weighted by atomic mass is 10.0. The third kappa shape index (κ3) is 4.37. The molecule has 0 atom stereocenters. The molecule has 150 valence electrons. The second-order valence-electron chi connectivity index (χ2n) is 7.11. The van der Waals surface area contributed by atoms with E-state index in [1.165, 1.54) is 18.3 Å². The Balaban J connectivity index is 1.47.